The summed E-state index contributed by atoms with van der Waals surface area (Å²) in [7, 11) is 0. The van der Waals surface area contributed by atoms with Crippen molar-refractivity contribution in [2.24, 2.45) is 0 Å². The van der Waals surface area contributed by atoms with E-state index < -0.39 is 0 Å². The van der Waals surface area contributed by atoms with E-state index in [0.29, 0.717) is 5.56 Å². The zero-order chi connectivity index (χ0) is 14.9. The van der Waals surface area contributed by atoms with Gasteiger partial charge in [-0.05, 0) is 37.1 Å². The molecule has 3 aromatic rings. The van der Waals surface area contributed by atoms with Gasteiger partial charge >= 0.3 is 0 Å². The van der Waals surface area contributed by atoms with Crippen LogP contribution in [0.1, 0.15) is 23.2 Å². The molecule has 4 rings (SSSR count). The van der Waals surface area contributed by atoms with Crippen molar-refractivity contribution in [1.29, 1.82) is 0 Å². The highest BCUT2D eigenvalue weighted by molar-refractivity contribution is 6.03. The monoisotopic (exact) mass is 292 g/mol. The van der Waals surface area contributed by atoms with Gasteiger partial charge in [-0.3, -0.25) is 9.78 Å². The van der Waals surface area contributed by atoms with Gasteiger partial charge in [-0.15, -0.1) is 0 Å². The van der Waals surface area contributed by atoms with Gasteiger partial charge in [0.15, 0.2) is 0 Å². The van der Waals surface area contributed by atoms with E-state index in [2.05, 4.69) is 15.0 Å². The standard InChI is InChI=1S/C17H16N4O/c22-17(21-10-1-2-11-21)14-4-3-7-18-15(14)12-5-8-19-16-13(12)6-9-20-16/h3-9H,1-2,10-11H2,(H,19,20). The Kier molecular flexibility index (Phi) is 3.11. The topological polar surface area (TPSA) is 61.9 Å². The summed E-state index contributed by atoms with van der Waals surface area (Å²) in [4.78, 5) is 26.6. The summed E-state index contributed by atoms with van der Waals surface area (Å²) in [6.45, 7) is 1.67. The Balaban J connectivity index is 1.85. The van der Waals surface area contributed by atoms with Crippen LogP contribution in [0.2, 0.25) is 0 Å². The summed E-state index contributed by atoms with van der Waals surface area (Å²) in [6.07, 6.45) is 7.49. The van der Waals surface area contributed by atoms with Gasteiger partial charge < -0.3 is 9.88 Å². The number of likely N-dealkylation sites (tertiary alicyclic amines) is 1. The lowest BCUT2D eigenvalue weighted by atomic mass is 10.0. The first-order valence-corrected chi connectivity index (χ1v) is 7.51. The van der Waals surface area contributed by atoms with Crippen molar-refractivity contribution in [3.8, 4) is 11.3 Å². The van der Waals surface area contributed by atoms with Gasteiger partial charge in [0.2, 0.25) is 0 Å². The molecule has 5 heteroatoms. The second-order valence-corrected chi connectivity index (χ2v) is 5.50. The van der Waals surface area contributed by atoms with E-state index in [1.165, 1.54) is 0 Å². The fourth-order valence-corrected chi connectivity index (χ4v) is 3.05. The molecule has 1 aliphatic rings. The van der Waals surface area contributed by atoms with Crippen LogP contribution in [0, 0.1) is 0 Å². The Morgan fingerprint density at radius 1 is 1.09 bits per heavy atom. The van der Waals surface area contributed by atoms with E-state index >= 15 is 0 Å². The highest BCUT2D eigenvalue weighted by atomic mass is 16.2. The number of nitrogens with zero attached hydrogens (tertiary/aromatic N) is 3. The third kappa shape index (κ3) is 2.06. The first-order chi connectivity index (χ1) is 10.8. The van der Waals surface area contributed by atoms with Crippen LogP contribution in [-0.4, -0.2) is 38.8 Å². The maximum atomic E-state index is 12.8. The molecule has 0 aromatic carbocycles. The SMILES string of the molecule is O=C(c1cccnc1-c1ccnc2[nH]ccc12)N1CCCC1. The largest absolute Gasteiger partial charge is 0.346 e. The number of H-pyrrole nitrogens is 1. The van der Waals surface area contributed by atoms with Crippen LogP contribution in [0.3, 0.4) is 0 Å². The molecule has 1 N–H and O–H groups in total. The Labute approximate surface area is 128 Å². The minimum Gasteiger partial charge on any atom is -0.346 e. The molecule has 1 aliphatic heterocycles. The second kappa shape index (κ2) is 5.26. The number of aromatic nitrogens is 3. The van der Waals surface area contributed by atoms with E-state index in [1.807, 2.05) is 35.4 Å². The average Bonchev–Trinajstić information content (AvgIpc) is 3.25. The normalized spacial score (nSPS) is 14.6. The van der Waals surface area contributed by atoms with Crippen molar-refractivity contribution < 1.29 is 4.79 Å². The van der Waals surface area contributed by atoms with Crippen molar-refractivity contribution in [3.63, 3.8) is 0 Å². The minimum atomic E-state index is 0.0705. The number of pyridine rings is 2. The number of carbonyl (C=O) groups excluding carboxylic acids is 1. The fourth-order valence-electron chi connectivity index (χ4n) is 3.05. The van der Waals surface area contributed by atoms with E-state index in [1.54, 1.807) is 12.4 Å². The third-order valence-electron chi connectivity index (χ3n) is 4.15. The smallest absolute Gasteiger partial charge is 0.256 e. The molecule has 3 aromatic heterocycles. The Hall–Kier alpha value is -2.69. The van der Waals surface area contributed by atoms with Crippen LogP contribution in [0.15, 0.2) is 42.9 Å². The number of amides is 1. The van der Waals surface area contributed by atoms with Crippen molar-refractivity contribution in [3.05, 3.63) is 48.4 Å². The van der Waals surface area contributed by atoms with Crippen LogP contribution >= 0.6 is 0 Å². The molecular weight excluding hydrogens is 276 g/mol. The first-order valence-electron chi connectivity index (χ1n) is 7.51. The minimum absolute atomic E-state index is 0.0705. The fraction of sp³-hybridized carbons (Fsp3) is 0.235. The Bertz CT molecular complexity index is 833. The number of fused-ring (bicyclic) bond motifs is 1. The lowest BCUT2D eigenvalue weighted by Gasteiger charge is -2.17. The van der Waals surface area contributed by atoms with Gasteiger partial charge in [-0.25, -0.2) is 4.98 Å². The van der Waals surface area contributed by atoms with Crippen molar-refractivity contribution in [2.75, 3.05) is 13.1 Å². The summed E-state index contributed by atoms with van der Waals surface area (Å²) < 4.78 is 0. The zero-order valence-corrected chi connectivity index (χ0v) is 12.1. The number of hydrogen-bond donors (Lipinski definition) is 1. The van der Waals surface area contributed by atoms with Crippen molar-refractivity contribution in [2.45, 2.75) is 12.8 Å². The number of rotatable bonds is 2. The molecule has 0 spiro atoms. The quantitative estimate of drug-likeness (QED) is 0.790. The summed E-state index contributed by atoms with van der Waals surface area (Å²) in [5, 5.41) is 0.983. The van der Waals surface area contributed by atoms with Crippen molar-refractivity contribution >= 4 is 16.9 Å². The molecule has 0 atom stereocenters. The summed E-state index contributed by atoms with van der Waals surface area (Å²) in [6, 6.07) is 7.57. The molecule has 1 amide bonds. The maximum absolute atomic E-state index is 12.8. The number of carbonyl (C=O) groups is 1. The highest BCUT2D eigenvalue weighted by Crippen LogP contribution is 2.29. The van der Waals surface area contributed by atoms with Crippen LogP contribution in [0.5, 0.6) is 0 Å². The van der Waals surface area contributed by atoms with Crippen LogP contribution < -0.4 is 0 Å². The molecular formula is C17H16N4O. The molecule has 0 radical (unpaired) electrons. The molecule has 0 bridgehead atoms. The third-order valence-corrected chi connectivity index (χ3v) is 4.15. The number of nitrogens with one attached hydrogen (secondary N) is 1. The van der Waals surface area contributed by atoms with E-state index in [4.69, 9.17) is 0 Å². The Morgan fingerprint density at radius 3 is 2.82 bits per heavy atom. The molecule has 0 unspecified atom stereocenters. The summed E-state index contributed by atoms with van der Waals surface area (Å²) in [5.41, 5.74) is 3.14. The molecule has 1 fully saturated rings. The van der Waals surface area contributed by atoms with Gasteiger partial charge in [0, 0.05) is 42.6 Å². The van der Waals surface area contributed by atoms with Crippen LogP contribution in [0.25, 0.3) is 22.3 Å². The van der Waals surface area contributed by atoms with Crippen LogP contribution in [-0.2, 0) is 0 Å². The van der Waals surface area contributed by atoms with Gasteiger partial charge in [0.25, 0.3) is 5.91 Å². The van der Waals surface area contributed by atoms with E-state index in [9.17, 15) is 4.79 Å². The van der Waals surface area contributed by atoms with Gasteiger partial charge in [0.1, 0.15) is 5.65 Å². The summed E-state index contributed by atoms with van der Waals surface area (Å²) >= 11 is 0. The lowest BCUT2D eigenvalue weighted by molar-refractivity contribution is 0.0793. The average molecular weight is 292 g/mol. The zero-order valence-electron chi connectivity index (χ0n) is 12.1. The predicted octanol–water partition coefficient (Wildman–Crippen LogP) is 2.86. The lowest BCUT2D eigenvalue weighted by Crippen LogP contribution is -2.28. The van der Waals surface area contributed by atoms with E-state index in [0.717, 1.165) is 48.2 Å². The predicted molar refractivity (Wildman–Crippen MR) is 84.5 cm³/mol. The molecule has 5 nitrogen and oxygen atoms in total. The van der Waals surface area contributed by atoms with Crippen molar-refractivity contribution in [1.82, 2.24) is 19.9 Å². The second-order valence-electron chi connectivity index (χ2n) is 5.50. The number of aromatic amines is 1. The Morgan fingerprint density at radius 2 is 1.95 bits per heavy atom. The molecule has 0 aliphatic carbocycles. The molecule has 22 heavy (non-hydrogen) atoms. The van der Waals surface area contributed by atoms with Crippen LogP contribution in [0.4, 0.5) is 0 Å². The molecule has 4 heterocycles. The molecule has 110 valence electrons. The van der Waals surface area contributed by atoms with Gasteiger partial charge in [-0.1, -0.05) is 0 Å². The molecule has 1 saturated heterocycles. The number of hydrogen-bond acceptors (Lipinski definition) is 3. The maximum Gasteiger partial charge on any atom is 0.256 e. The van der Waals surface area contributed by atoms with Gasteiger partial charge in [0.05, 0.1) is 11.3 Å². The highest BCUT2D eigenvalue weighted by Gasteiger charge is 2.23. The van der Waals surface area contributed by atoms with E-state index in [-0.39, 0.29) is 5.91 Å². The molecule has 0 saturated carbocycles. The summed E-state index contributed by atoms with van der Waals surface area (Å²) in [5.74, 6) is 0.0705. The first kappa shape index (κ1) is 13.0. The van der Waals surface area contributed by atoms with Gasteiger partial charge in [-0.2, -0.15) is 0 Å².